The number of pyridine rings is 1. The van der Waals surface area contributed by atoms with Crippen LogP contribution in [0, 0.1) is 5.41 Å². The van der Waals surface area contributed by atoms with E-state index in [1.54, 1.807) is 0 Å². The SMILES string of the molecule is CCC1(CNC(=NC)NCc2cccnc2N2CCOCC2)CCC1. The zero-order valence-corrected chi connectivity index (χ0v) is 15.6. The van der Waals surface area contributed by atoms with Crippen molar-refractivity contribution >= 4 is 11.8 Å². The van der Waals surface area contributed by atoms with Crippen LogP contribution in [0.5, 0.6) is 0 Å². The molecule has 1 aromatic rings. The van der Waals surface area contributed by atoms with Crippen molar-refractivity contribution in [3.63, 3.8) is 0 Å². The normalized spacial score (nSPS) is 20.1. The highest BCUT2D eigenvalue weighted by Gasteiger charge is 2.34. The lowest BCUT2D eigenvalue weighted by atomic mass is 9.67. The van der Waals surface area contributed by atoms with Gasteiger partial charge in [-0.2, -0.15) is 0 Å². The van der Waals surface area contributed by atoms with E-state index in [0.717, 1.165) is 51.2 Å². The first kappa shape index (κ1) is 18.0. The highest BCUT2D eigenvalue weighted by molar-refractivity contribution is 5.79. The van der Waals surface area contributed by atoms with E-state index >= 15 is 0 Å². The maximum Gasteiger partial charge on any atom is 0.191 e. The molecule has 138 valence electrons. The van der Waals surface area contributed by atoms with Crippen LogP contribution in [-0.2, 0) is 11.3 Å². The average molecular weight is 345 g/mol. The van der Waals surface area contributed by atoms with Gasteiger partial charge in [-0.05, 0) is 30.7 Å². The summed E-state index contributed by atoms with van der Waals surface area (Å²) in [6.07, 6.45) is 7.12. The zero-order valence-electron chi connectivity index (χ0n) is 15.6. The molecule has 0 unspecified atom stereocenters. The van der Waals surface area contributed by atoms with Crippen molar-refractivity contribution in [3.05, 3.63) is 23.9 Å². The summed E-state index contributed by atoms with van der Waals surface area (Å²) < 4.78 is 5.45. The Labute approximate surface area is 151 Å². The second-order valence-corrected chi connectivity index (χ2v) is 7.07. The minimum Gasteiger partial charge on any atom is -0.378 e. The van der Waals surface area contributed by atoms with Crippen molar-refractivity contribution in [2.24, 2.45) is 10.4 Å². The summed E-state index contributed by atoms with van der Waals surface area (Å²) in [6.45, 7) is 7.36. The number of rotatable bonds is 6. The molecule has 25 heavy (non-hydrogen) atoms. The maximum absolute atomic E-state index is 5.45. The van der Waals surface area contributed by atoms with E-state index in [1.807, 2.05) is 19.3 Å². The summed E-state index contributed by atoms with van der Waals surface area (Å²) in [6, 6.07) is 4.13. The largest absolute Gasteiger partial charge is 0.378 e. The molecule has 3 rings (SSSR count). The number of aliphatic imine (C=N–C) groups is 1. The van der Waals surface area contributed by atoms with E-state index in [0.29, 0.717) is 5.41 Å². The van der Waals surface area contributed by atoms with Crippen LogP contribution >= 0.6 is 0 Å². The Morgan fingerprint density at radius 3 is 2.76 bits per heavy atom. The Bertz CT molecular complexity index is 573. The third-order valence-electron chi connectivity index (χ3n) is 5.64. The molecule has 1 saturated carbocycles. The summed E-state index contributed by atoms with van der Waals surface area (Å²) in [5.74, 6) is 1.93. The van der Waals surface area contributed by atoms with Gasteiger partial charge in [-0.3, -0.25) is 4.99 Å². The molecular weight excluding hydrogens is 314 g/mol. The number of morpholine rings is 1. The highest BCUT2D eigenvalue weighted by Crippen LogP contribution is 2.42. The third kappa shape index (κ3) is 4.42. The monoisotopic (exact) mass is 345 g/mol. The predicted octanol–water partition coefficient (Wildman–Crippen LogP) is 2.16. The van der Waals surface area contributed by atoms with Gasteiger partial charge in [-0.25, -0.2) is 4.98 Å². The van der Waals surface area contributed by atoms with Crippen molar-refractivity contribution in [1.82, 2.24) is 15.6 Å². The summed E-state index contributed by atoms with van der Waals surface area (Å²) >= 11 is 0. The van der Waals surface area contributed by atoms with E-state index in [1.165, 1.54) is 31.2 Å². The van der Waals surface area contributed by atoms with Gasteiger partial charge in [0.2, 0.25) is 0 Å². The van der Waals surface area contributed by atoms with Gasteiger partial charge in [0.1, 0.15) is 5.82 Å². The number of hydrogen-bond acceptors (Lipinski definition) is 4. The van der Waals surface area contributed by atoms with Gasteiger partial charge in [0, 0.05) is 45.0 Å². The molecule has 0 atom stereocenters. The van der Waals surface area contributed by atoms with Crippen LogP contribution in [0.3, 0.4) is 0 Å². The second-order valence-electron chi connectivity index (χ2n) is 7.07. The smallest absolute Gasteiger partial charge is 0.191 e. The fourth-order valence-electron chi connectivity index (χ4n) is 3.63. The topological polar surface area (TPSA) is 61.8 Å². The molecule has 2 heterocycles. The molecule has 0 radical (unpaired) electrons. The lowest BCUT2D eigenvalue weighted by molar-refractivity contribution is 0.122. The highest BCUT2D eigenvalue weighted by atomic mass is 16.5. The van der Waals surface area contributed by atoms with Gasteiger partial charge in [0.15, 0.2) is 5.96 Å². The molecule has 0 spiro atoms. The fraction of sp³-hybridized carbons (Fsp3) is 0.684. The average Bonchev–Trinajstić information content (AvgIpc) is 2.64. The van der Waals surface area contributed by atoms with E-state index < -0.39 is 0 Å². The number of guanidine groups is 1. The minimum absolute atomic E-state index is 0.477. The van der Waals surface area contributed by atoms with Gasteiger partial charge in [0.05, 0.1) is 13.2 Å². The lowest BCUT2D eigenvalue weighted by Gasteiger charge is -2.41. The van der Waals surface area contributed by atoms with Crippen molar-refractivity contribution in [2.75, 3.05) is 44.8 Å². The number of ether oxygens (including phenoxy) is 1. The van der Waals surface area contributed by atoms with Crippen LogP contribution in [-0.4, -0.2) is 50.8 Å². The van der Waals surface area contributed by atoms with Gasteiger partial charge in [-0.15, -0.1) is 0 Å². The first-order valence-electron chi connectivity index (χ1n) is 9.47. The molecular formula is C19H31N5O. The Kier molecular flexibility index (Phi) is 6.13. The number of nitrogens with one attached hydrogen (secondary N) is 2. The molecule has 1 aromatic heterocycles. The summed E-state index contributed by atoms with van der Waals surface area (Å²) in [4.78, 5) is 11.3. The molecule has 0 amide bonds. The van der Waals surface area contributed by atoms with Gasteiger partial charge in [-0.1, -0.05) is 19.4 Å². The Hall–Kier alpha value is -1.82. The second kappa shape index (κ2) is 8.52. The van der Waals surface area contributed by atoms with Crippen molar-refractivity contribution in [3.8, 4) is 0 Å². The molecule has 0 aromatic carbocycles. The molecule has 1 aliphatic carbocycles. The van der Waals surface area contributed by atoms with E-state index in [2.05, 4.69) is 38.5 Å². The molecule has 6 heteroatoms. The molecule has 6 nitrogen and oxygen atoms in total. The predicted molar refractivity (Wildman–Crippen MR) is 102 cm³/mol. The molecule has 2 N–H and O–H groups in total. The van der Waals surface area contributed by atoms with Gasteiger partial charge >= 0.3 is 0 Å². The molecule has 2 fully saturated rings. The third-order valence-corrected chi connectivity index (χ3v) is 5.64. The molecule has 1 saturated heterocycles. The van der Waals surface area contributed by atoms with E-state index in [-0.39, 0.29) is 0 Å². The Balaban J connectivity index is 1.56. The Morgan fingerprint density at radius 2 is 2.12 bits per heavy atom. The molecule has 2 aliphatic rings. The number of anilines is 1. The first-order chi connectivity index (χ1) is 12.3. The summed E-state index contributed by atoms with van der Waals surface area (Å²) in [5, 5.41) is 6.97. The van der Waals surface area contributed by atoms with Gasteiger partial charge in [0.25, 0.3) is 0 Å². The summed E-state index contributed by atoms with van der Waals surface area (Å²) in [7, 11) is 1.83. The van der Waals surface area contributed by atoms with Crippen LogP contribution in [0.25, 0.3) is 0 Å². The van der Waals surface area contributed by atoms with Gasteiger partial charge < -0.3 is 20.3 Å². The quantitative estimate of drug-likeness (QED) is 0.611. The van der Waals surface area contributed by atoms with E-state index in [9.17, 15) is 0 Å². The van der Waals surface area contributed by atoms with Crippen LogP contribution < -0.4 is 15.5 Å². The number of hydrogen-bond donors (Lipinski definition) is 2. The van der Waals surface area contributed by atoms with Crippen LogP contribution in [0.15, 0.2) is 23.3 Å². The minimum atomic E-state index is 0.477. The van der Waals surface area contributed by atoms with Crippen molar-refractivity contribution in [1.29, 1.82) is 0 Å². The molecule has 1 aliphatic heterocycles. The van der Waals surface area contributed by atoms with E-state index in [4.69, 9.17) is 4.74 Å². The van der Waals surface area contributed by atoms with Crippen molar-refractivity contribution in [2.45, 2.75) is 39.2 Å². The first-order valence-corrected chi connectivity index (χ1v) is 9.47. The van der Waals surface area contributed by atoms with Crippen LogP contribution in [0.1, 0.15) is 38.2 Å². The standard InChI is InChI=1S/C19H31N5O/c1-3-19(7-5-8-19)15-23-18(20-2)22-14-16-6-4-9-21-17(16)24-10-12-25-13-11-24/h4,6,9H,3,5,7-8,10-15H2,1-2H3,(H2,20,22,23). The Morgan fingerprint density at radius 1 is 1.32 bits per heavy atom. The van der Waals surface area contributed by atoms with Crippen LogP contribution in [0.2, 0.25) is 0 Å². The number of nitrogens with zero attached hydrogens (tertiary/aromatic N) is 3. The fourth-order valence-corrected chi connectivity index (χ4v) is 3.63. The summed E-state index contributed by atoms with van der Waals surface area (Å²) in [5.41, 5.74) is 1.67. The maximum atomic E-state index is 5.45. The van der Waals surface area contributed by atoms with Crippen LogP contribution in [0.4, 0.5) is 5.82 Å². The molecule has 0 bridgehead atoms. The zero-order chi connectivity index (χ0) is 17.5. The van der Waals surface area contributed by atoms with Crippen molar-refractivity contribution < 1.29 is 4.74 Å². The lowest BCUT2D eigenvalue weighted by Crippen LogP contribution is -2.46. The number of aromatic nitrogens is 1.